The molecule has 7 heteroatoms. The number of nitrogens with one attached hydrogen (secondary N) is 1. The van der Waals surface area contributed by atoms with Gasteiger partial charge in [-0.1, -0.05) is 33.6 Å². The minimum absolute atomic E-state index is 0.171. The molecule has 2 aromatic rings. The molecule has 25 heavy (non-hydrogen) atoms. The molecule has 0 saturated heterocycles. The Hall–Kier alpha value is -1.70. The zero-order valence-electron chi connectivity index (χ0n) is 14.6. The van der Waals surface area contributed by atoms with Crippen molar-refractivity contribution < 1.29 is 13.2 Å². The van der Waals surface area contributed by atoms with Crippen LogP contribution in [-0.4, -0.2) is 32.2 Å². The maximum Gasteiger partial charge on any atom is 0.243 e. The number of benzene rings is 2. The van der Waals surface area contributed by atoms with Gasteiger partial charge < -0.3 is 5.32 Å². The number of amides is 1. The van der Waals surface area contributed by atoms with Gasteiger partial charge in [0, 0.05) is 17.2 Å². The van der Waals surface area contributed by atoms with Crippen molar-refractivity contribution in [3.05, 3.63) is 57.6 Å². The highest BCUT2D eigenvalue weighted by atomic mass is 79.9. The van der Waals surface area contributed by atoms with Crippen LogP contribution in [0.1, 0.15) is 16.7 Å². The summed E-state index contributed by atoms with van der Waals surface area (Å²) < 4.78 is 27.1. The smallest absolute Gasteiger partial charge is 0.243 e. The van der Waals surface area contributed by atoms with Crippen LogP contribution in [0.5, 0.6) is 0 Å². The van der Waals surface area contributed by atoms with Crippen molar-refractivity contribution in [2.75, 3.05) is 18.9 Å². The average Bonchev–Trinajstić information content (AvgIpc) is 2.51. The zero-order valence-corrected chi connectivity index (χ0v) is 17.0. The lowest BCUT2D eigenvalue weighted by Crippen LogP contribution is -2.35. The standard InChI is InChI=1S/C18H21BrN2O3S/c1-12-5-7-16(8-6-12)25(23,24)21(4)11-17(22)20-18-13(2)9-15(19)10-14(18)3/h5-10H,11H2,1-4H3,(H,20,22). The molecule has 0 atom stereocenters. The number of carbonyl (C=O) groups is 1. The SMILES string of the molecule is Cc1ccc(S(=O)(=O)N(C)CC(=O)Nc2c(C)cc(Br)cc2C)cc1. The fraction of sp³-hybridized carbons (Fsp3) is 0.278. The molecule has 0 aromatic heterocycles. The number of carbonyl (C=O) groups excluding carboxylic acids is 1. The summed E-state index contributed by atoms with van der Waals surface area (Å²) in [5.41, 5.74) is 3.49. The Balaban J connectivity index is 2.14. The first kappa shape index (κ1) is 19.6. The van der Waals surface area contributed by atoms with Gasteiger partial charge in [-0.3, -0.25) is 4.79 Å². The highest BCUT2D eigenvalue weighted by Crippen LogP contribution is 2.25. The molecule has 1 N–H and O–H groups in total. The van der Waals surface area contributed by atoms with E-state index in [0.29, 0.717) is 5.69 Å². The van der Waals surface area contributed by atoms with Crippen molar-refractivity contribution in [1.82, 2.24) is 4.31 Å². The van der Waals surface area contributed by atoms with Crippen LogP contribution >= 0.6 is 15.9 Å². The van der Waals surface area contributed by atoms with Crippen molar-refractivity contribution in [1.29, 1.82) is 0 Å². The molecule has 0 radical (unpaired) electrons. The van der Waals surface area contributed by atoms with Gasteiger partial charge in [-0.2, -0.15) is 4.31 Å². The van der Waals surface area contributed by atoms with Crippen molar-refractivity contribution in [2.24, 2.45) is 0 Å². The number of aryl methyl sites for hydroxylation is 3. The van der Waals surface area contributed by atoms with E-state index < -0.39 is 10.0 Å². The molecule has 0 fully saturated rings. The Labute approximate surface area is 157 Å². The third-order valence-corrected chi connectivity index (χ3v) is 6.13. The molecule has 0 bridgehead atoms. The number of halogens is 1. The molecule has 5 nitrogen and oxygen atoms in total. The maximum atomic E-state index is 12.5. The minimum atomic E-state index is -3.71. The van der Waals surface area contributed by atoms with Gasteiger partial charge in [0.1, 0.15) is 0 Å². The van der Waals surface area contributed by atoms with Gasteiger partial charge in [-0.25, -0.2) is 8.42 Å². The van der Waals surface area contributed by atoms with E-state index in [2.05, 4.69) is 21.2 Å². The summed E-state index contributed by atoms with van der Waals surface area (Å²) in [6, 6.07) is 10.3. The lowest BCUT2D eigenvalue weighted by Gasteiger charge is -2.18. The van der Waals surface area contributed by atoms with Crippen LogP contribution < -0.4 is 5.32 Å². The Morgan fingerprint density at radius 3 is 2.12 bits per heavy atom. The Kier molecular flexibility index (Phi) is 6.03. The lowest BCUT2D eigenvalue weighted by atomic mass is 10.1. The molecule has 0 aliphatic rings. The Morgan fingerprint density at radius 1 is 1.08 bits per heavy atom. The van der Waals surface area contributed by atoms with E-state index in [1.54, 1.807) is 24.3 Å². The summed E-state index contributed by atoms with van der Waals surface area (Å²) in [7, 11) is -2.31. The van der Waals surface area contributed by atoms with Crippen LogP contribution in [0.15, 0.2) is 45.8 Å². The van der Waals surface area contributed by atoms with Gasteiger partial charge in [0.15, 0.2) is 0 Å². The summed E-state index contributed by atoms with van der Waals surface area (Å²) in [5, 5.41) is 2.80. The number of anilines is 1. The van der Waals surface area contributed by atoms with Gasteiger partial charge in [-0.15, -0.1) is 0 Å². The van der Waals surface area contributed by atoms with Crippen LogP contribution in [-0.2, 0) is 14.8 Å². The van der Waals surface area contributed by atoms with E-state index in [4.69, 9.17) is 0 Å². The van der Waals surface area contributed by atoms with Crippen molar-refractivity contribution in [3.63, 3.8) is 0 Å². The van der Waals surface area contributed by atoms with Crippen LogP contribution in [0.3, 0.4) is 0 Å². The third-order valence-electron chi connectivity index (χ3n) is 3.86. The van der Waals surface area contributed by atoms with Crippen molar-refractivity contribution in [2.45, 2.75) is 25.7 Å². The predicted molar refractivity (Wildman–Crippen MR) is 103 cm³/mol. The molecule has 1 amide bonds. The fourth-order valence-electron chi connectivity index (χ4n) is 2.46. The van der Waals surface area contributed by atoms with Gasteiger partial charge in [0.2, 0.25) is 15.9 Å². The second-order valence-corrected chi connectivity index (χ2v) is 9.00. The fourth-order valence-corrected chi connectivity index (χ4v) is 4.28. The first-order valence-electron chi connectivity index (χ1n) is 7.71. The third kappa shape index (κ3) is 4.68. The molecular weight excluding hydrogens is 404 g/mol. The number of rotatable bonds is 5. The van der Waals surface area contributed by atoms with Crippen LogP contribution in [0.4, 0.5) is 5.69 Å². The Morgan fingerprint density at radius 2 is 1.60 bits per heavy atom. The van der Waals surface area contributed by atoms with Crippen molar-refractivity contribution in [3.8, 4) is 0 Å². The van der Waals surface area contributed by atoms with E-state index in [0.717, 1.165) is 25.5 Å². The van der Waals surface area contributed by atoms with Gasteiger partial charge in [0.25, 0.3) is 0 Å². The summed E-state index contributed by atoms with van der Waals surface area (Å²) in [5.74, 6) is -0.383. The lowest BCUT2D eigenvalue weighted by molar-refractivity contribution is -0.116. The molecule has 134 valence electrons. The molecular formula is C18H21BrN2O3S. The van der Waals surface area contributed by atoms with E-state index >= 15 is 0 Å². The number of hydrogen-bond donors (Lipinski definition) is 1. The largest absolute Gasteiger partial charge is 0.324 e. The molecule has 0 saturated carbocycles. The highest BCUT2D eigenvalue weighted by molar-refractivity contribution is 9.10. The second kappa shape index (κ2) is 7.68. The zero-order chi connectivity index (χ0) is 18.8. The van der Waals surface area contributed by atoms with Crippen LogP contribution in [0.2, 0.25) is 0 Å². The average molecular weight is 425 g/mol. The molecule has 0 spiro atoms. The van der Waals surface area contributed by atoms with E-state index in [-0.39, 0.29) is 17.3 Å². The maximum absolute atomic E-state index is 12.5. The molecule has 0 unspecified atom stereocenters. The minimum Gasteiger partial charge on any atom is -0.324 e. The number of likely N-dealkylation sites (N-methyl/N-ethyl adjacent to an activating group) is 1. The topological polar surface area (TPSA) is 66.5 Å². The number of hydrogen-bond acceptors (Lipinski definition) is 3. The summed E-state index contributed by atoms with van der Waals surface area (Å²) in [4.78, 5) is 12.5. The quantitative estimate of drug-likeness (QED) is 0.796. The normalized spacial score (nSPS) is 11.6. The molecule has 2 aromatic carbocycles. The summed E-state index contributed by atoms with van der Waals surface area (Å²) in [6.45, 7) is 5.40. The van der Waals surface area contributed by atoms with Gasteiger partial charge in [0.05, 0.1) is 11.4 Å². The number of sulfonamides is 1. The first-order chi connectivity index (χ1) is 11.6. The molecule has 0 aliphatic heterocycles. The highest BCUT2D eigenvalue weighted by Gasteiger charge is 2.23. The van der Waals surface area contributed by atoms with Gasteiger partial charge in [-0.05, 0) is 56.2 Å². The van der Waals surface area contributed by atoms with E-state index in [1.807, 2.05) is 32.9 Å². The van der Waals surface area contributed by atoms with E-state index in [1.165, 1.54) is 7.05 Å². The van der Waals surface area contributed by atoms with Crippen LogP contribution in [0.25, 0.3) is 0 Å². The second-order valence-electron chi connectivity index (χ2n) is 6.04. The predicted octanol–water partition coefficient (Wildman–Crippen LogP) is 3.63. The van der Waals surface area contributed by atoms with Gasteiger partial charge >= 0.3 is 0 Å². The number of nitrogens with zero attached hydrogens (tertiary/aromatic N) is 1. The molecule has 2 rings (SSSR count). The van der Waals surface area contributed by atoms with E-state index in [9.17, 15) is 13.2 Å². The molecule has 0 aliphatic carbocycles. The molecule has 0 heterocycles. The van der Waals surface area contributed by atoms with Crippen LogP contribution in [0, 0.1) is 20.8 Å². The first-order valence-corrected chi connectivity index (χ1v) is 9.94. The van der Waals surface area contributed by atoms with Crippen molar-refractivity contribution >= 4 is 37.5 Å². The Bertz CT molecular complexity index is 870. The summed E-state index contributed by atoms with van der Waals surface area (Å²) in [6.07, 6.45) is 0. The monoisotopic (exact) mass is 424 g/mol. The summed E-state index contributed by atoms with van der Waals surface area (Å²) >= 11 is 3.41.